The summed E-state index contributed by atoms with van der Waals surface area (Å²) in [5.74, 6) is -0.186. The molecule has 4 nitrogen and oxygen atoms in total. The van der Waals surface area contributed by atoms with Crippen LogP contribution in [-0.4, -0.2) is 29.9 Å². The minimum absolute atomic E-state index is 0.0509. The Morgan fingerprint density at radius 3 is 2.62 bits per heavy atom. The van der Waals surface area contributed by atoms with E-state index in [1.165, 1.54) is 12.7 Å². The van der Waals surface area contributed by atoms with Gasteiger partial charge in [-0.1, -0.05) is 46.3 Å². The van der Waals surface area contributed by atoms with Gasteiger partial charge in [0.2, 0.25) is 0 Å². The SMILES string of the molecule is COC(=O)c1ccccc1CC[C@@H](SCC1(CC(=O)O)CC1)c1cccc(Br)c1. The summed E-state index contributed by atoms with van der Waals surface area (Å²) in [7, 11) is 1.40. The second-order valence-corrected chi connectivity index (χ2v) is 9.72. The van der Waals surface area contributed by atoms with E-state index >= 15 is 0 Å². The third-order valence-corrected chi connectivity index (χ3v) is 7.58. The molecular weight excluding hydrogens is 452 g/mol. The van der Waals surface area contributed by atoms with Gasteiger partial charge in [-0.15, -0.1) is 0 Å². The summed E-state index contributed by atoms with van der Waals surface area (Å²) < 4.78 is 5.95. The number of benzene rings is 2. The number of ether oxygens (including phenoxy) is 1. The van der Waals surface area contributed by atoms with Crippen LogP contribution in [0, 0.1) is 5.41 Å². The summed E-state index contributed by atoms with van der Waals surface area (Å²) in [5, 5.41) is 9.43. The summed E-state index contributed by atoms with van der Waals surface area (Å²) in [5.41, 5.74) is 2.75. The van der Waals surface area contributed by atoms with Gasteiger partial charge in [0.1, 0.15) is 0 Å². The molecule has 0 saturated heterocycles. The maximum atomic E-state index is 12.1. The molecule has 0 heterocycles. The third kappa shape index (κ3) is 6.09. The van der Waals surface area contributed by atoms with Crippen molar-refractivity contribution in [2.24, 2.45) is 5.41 Å². The van der Waals surface area contributed by atoms with Crippen molar-refractivity contribution in [3.63, 3.8) is 0 Å². The zero-order valence-electron chi connectivity index (χ0n) is 16.4. The molecule has 6 heteroatoms. The number of carbonyl (C=O) groups excluding carboxylic acids is 1. The molecule has 1 atom stereocenters. The van der Waals surface area contributed by atoms with E-state index in [1.54, 1.807) is 6.07 Å². The van der Waals surface area contributed by atoms with E-state index in [0.717, 1.165) is 41.5 Å². The lowest BCUT2D eigenvalue weighted by Gasteiger charge is -2.21. The summed E-state index contributed by atoms with van der Waals surface area (Å²) >= 11 is 5.39. The number of aryl methyl sites for hydroxylation is 1. The van der Waals surface area contributed by atoms with Gasteiger partial charge >= 0.3 is 11.9 Å². The molecular formula is C23H25BrO4S. The fourth-order valence-electron chi connectivity index (χ4n) is 3.53. The highest BCUT2D eigenvalue weighted by Crippen LogP contribution is 2.53. The molecule has 154 valence electrons. The maximum Gasteiger partial charge on any atom is 0.338 e. The summed E-state index contributed by atoms with van der Waals surface area (Å²) in [6.45, 7) is 0. The van der Waals surface area contributed by atoms with Crippen LogP contribution in [0.25, 0.3) is 0 Å². The normalized spacial score (nSPS) is 15.5. The molecule has 1 N–H and O–H groups in total. The fourth-order valence-corrected chi connectivity index (χ4v) is 5.52. The molecule has 1 aliphatic rings. The first-order valence-corrected chi connectivity index (χ1v) is 11.5. The zero-order chi connectivity index (χ0) is 20.9. The van der Waals surface area contributed by atoms with Crippen molar-refractivity contribution >= 4 is 39.6 Å². The van der Waals surface area contributed by atoms with E-state index in [4.69, 9.17) is 4.74 Å². The average Bonchev–Trinajstić information content (AvgIpc) is 3.46. The van der Waals surface area contributed by atoms with Crippen molar-refractivity contribution in [3.8, 4) is 0 Å². The van der Waals surface area contributed by atoms with Gasteiger partial charge in [0, 0.05) is 15.5 Å². The van der Waals surface area contributed by atoms with Crippen LogP contribution in [0.3, 0.4) is 0 Å². The highest BCUT2D eigenvalue weighted by molar-refractivity contribution is 9.10. The first kappa shape index (κ1) is 21.9. The van der Waals surface area contributed by atoms with E-state index in [-0.39, 0.29) is 23.1 Å². The highest BCUT2D eigenvalue weighted by atomic mass is 79.9. The van der Waals surface area contributed by atoms with Gasteiger partial charge in [-0.2, -0.15) is 11.8 Å². The first-order valence-electron chi connectivity index (χ1n) is 9.67. The van der Waals surface area contributed by atoms with E-state index in [9.17, 15) is 14.7 Å². The molecule has 1 fully saturated rings. The number of esters is 1. The van der Waals surface area contributed by atoms with Gasteiger partial charge in [-0.05, 0) is 60.4 Å². The minimum Gasteiger partial charge on any atom is -0.481 e. The molecule has 0 aromatic heterocycles. The number of methoxy groups -OCH3 is 1. The second-order valence-electron chi connectivity index (χ2n) is 7.61. The molecule has 0 amide bonds. The molecule has 1 saturated carbocycles. The third-order valence-electron chi connectivity index (χ3n) is 5.39. The predicted octanol–water partition coefficient (Wildman–Crippen LogP) is 5.90. The van der Waals surface area contributed by atoms with Crippen molar-refractivity contribution in [3.05, 3.63) is 69.7 Å². The van der Waals surface area contributed by atoms with Crippen LogP contribution in [0.4, 0.5) is 0 Å². The van der Waals surface area contributed by atoms with Crippen molar-refractivity contribution in [2.45, 2.75) is 37.4 Å². The molecule has 2 aromatic rings. The first-order chi connectivity index (χ1) is 13.9. The fraction of sp³-hybridized carbons (Fsp3) is 0.391. The van der Waals surface area contributed by atoms with Crippen molar-refractivity contribution in [1.29, 1.82) is 0 Å². The summed E-state index contributed by atoms with van der Waals surface area (Å²) in [6.07, 6.45) is 3.83. The van der Waals surface area contributed by atoms with Crippen molar-refractivity contribution < 1.29 is 19.4 Å². The number of aliphatic carboxylic acids is 1. The van der Waals surface area contributed by atoms with Crippen LogP contribution in [-0.2, 0) is 16.0 Å². The predicted molar refractivity (Wildman–Crippen MR) is 119 cm³/mol. The maximum absolute atomic E-state index is 12.1. The number of halogens is 1. The Kier molecular flexibility index (Phi) is 7.41. The zero-order valence-corrected chi connectivity index (χ0v) is 18.8. The van der Waals surface area contributed by atoms with Gasteiger partial charge in [0.15, 0.2) is 0 Å². The largest absolute Gasteiger partial charge is 0.481 e. The monoisotopic (exact) mass is 476 g/mol. The van der Waals surface area contributed by atoms with E-state index in [0.29, 0.717) is 5.56 Å². The van der Waals surface area contributed by atoms with Crippen LogP contribution < -0.4 is 0 Å². The molecule has 1 aliphatic carbocycles. The van der Waals surface area contributed by atoms with Crippen LogP contribution >= 0.6 is 27.7 Å². The highest BCUT2D eigenvalue weighted by Gasteiger charge is 2.44. The van der Waals surface area contributed by atoms with E-state index in [2.05, 4.69) is 28.1 Å². The molecule has 0 unspecified atom stereocenters. The Balaban J connectivity index is 1.74. The van der Waals surface area contributed by atoms with Crippen LogP contribution in [0.15, 0.2) is 53.0 Å². The number of rotatable bonds is 10. The average molecular weight is 477 g/mol. The lowest BCUT2D eigenvalue weighted by Crippen LogP contribution is -2.13. The Labute approximate surface area is 184 Å². The van der Waals surface area contributed by atoms with Crippen molar-refractivity contribution in [1.82, 2.24) is 0 Å². The lowest BCUT2D eigenvalue weighted by atomic mass is 9.99. The number of carboxylic acid groups (broad SMARTS) is 1. The number of carbonyl (C=O) groups is 2. The van der Waals surface area contributed by atoms with E-state index < -0.39 is 5.97 Å². The molecule has 29 heavy (non-hydrogen) atoms. The van der Waals surface area contributed by atoms with Crippen molar-refractivity contribution in [2.75, 3.05) is 12.9 Å². The van der Waals surface area contributed by atoms with Gasteiger partial charge in [0.05, 0.1) is 19.1 Å². The standard InChI is InChI=1S/C23H25BrO4S/c1-28-22(27)19-8-3-2-5-16(19)9-10-20(17-6-4-7-18(24)13-17)29-15-23(11-12-23)14-21(25)26/h2-8,13,20H,9-12,14-15H2,1H3,(H,25,26)/t20-/m1/s1. The van der Waals surface area contributed by atoms with Crippen LogP contribution in [0.2, 0.25) is 0 Å². The number of carboxylic acids is 1. The van der Waals surface area contributed by atoms with E-state index in [1.807, 2.05) is 42.1 Å². The lowest BCUT2D eigenvalue weighted by molar-refractivity contribution is -0.138. The molecule has 2 aromatic carbocycles. The van der Waals surface area contributed by atoms with Crippen LogP contribution in [0.1, 0.15) is 52.4 Å². The second kappa shape index (κ2) is 9.81. The Bertz CT molecular complexity index is 879. The Hall–Kier alpha value is -1.79. The quantitative estimate of drug-likeness (QED) is 0.432. The Morgan fingerprint density at radius 2 is 1.97 bits per heavy atom. The number of thioether (sulfide) groups is 1. The number of hydrogen-bond acceptors (Lipinski definition) is 4. The van der Waals surface area contributed by atoms with Gasteiger partial charge in [-0.25, -0.2) is 4.79 Å². The van der Waals surface area contributed by atoms with Crippen LogP contribution in [0.5, 0.6) is 0 Å². The molecule has 0 radical (unpaired) electrons. The molecule has 0 spiro atoms. The summed E-state index contributed by atoms with van der Waals surface area (Å²) in [6, 6.07) is 15.8. The molecule has 0 bridgehead atoms. The van der Waals surface area contributed by atoms with Gasteiger partial charge in [0.25, 0.3) is 0 Å². The number of hydrogen-bond donors (Lipinski definition) is 1. The smallest absolute Gasteiger partial charge is 0.338 e. The van der Waals surface area contributed by atoms with Gasteiger partial charge in [-0.3, -0.25) is 4.79 Å². The molecule has 3 rings (SSSR count). The topological polar surface area (TPSA) is 63.6 Å². The van der Waals surface area contributed by atoms with Gasteiger partial charge < -0.3 is 9.84 Å². The minimum atomic E-state index is -0.714. The summed E-state index contributed by atoms with van der Waals surface area (Å²) in [4.78, 5) is 23.3. The molecule has 0 aliphatic heterocycles. The Morgan fingerprint density at radius 1 is 1.21 bits per heavy atom.